The molecule has 1 aliphatic heterocycles. The summed E-state index contributed by atoms with van der Waals surface area (Å²) in [4.78, 5) is 26.3. The van der Waals surface area contributed by atoms with Gasteiger partial charge in [-0.15, -0.1) is 10.2 Å². The Balaban J connectivity index is 1.35. The standard InChI is InChI=1S/C22H25BrN8O3/c1-2-3-4-12-29-19-18(24-21(23)25-19)20(33)31-17(26-27-22(29)31)7-5-6-16-13-30(28-34-16)14-8-10-15(32)11-9-14/h8-11,13,28,32H,2-7,12H2,1H3,(H,24,25). The summed E-state index contributed by atoms with van der Waals surface area (Å²) in [5.41, 5.74) is 4.50. The quantitative estimate of drug-likeness (QED) is 0.222. The van der Waals surface area contributed by atoms with Crippen LogP contribution in [0.3, 0.4) is 0 Å². The number of imidazole rings is 1. The van der Waals surface area contributed by atoms with Gasteiger partial charge in [-0.05, 0) is 53.0 Å². The van der Waals surface area contributed by atoms with Gasteiger partial charge in [-0.25, -0.2) is 14.4 Å². The first-order valence-corrected chi connectivity index (χ1v) is 12.1. The number of aromatic amines is 1. The first-order valence-electron chi connectivity index (χ1n) is 11.3. The second-order valence-corrected chi connectivity index (χ2v) is 8.92. The van der Waals surface area contributed by atoms with Gasteiger partial charge in [0.25, 0.3) is 5.56 Å². The molecule has 0 aliphatic carbocycles. The number of allylic oxidation sites excluding steroid dienone is 1. The van der Waals surface area contributed by atoms with Gasteiger partial charge in [0, 0.05) is 19.4 Å². The Labute approximate surface area is 203 Å². The molecular weight excluding hydrogens is 504 g/mol. The van der Waals surface area contributed by atoms with E-state index in [-0.39, 0.29) is 11.3 Å². The van der Waals surface area contributed by atoms with E-state index in [4.69, 9.17) is 4.84 Å². The molecule has 0 fully saturated rings. The van der Waals surface area contributed by atoms with Gasteiger partial charge in [0.15, 0.2) is 15.9 Å². The fourth-order valence-corrected chi connectivity index (χ4v) is 4.41. The Hall–Kier alpha value is -3.38. The van der Waals surface area contributed by atoms with Gasteiger partial charge in [-0.2, -0.15) is 0 Å². The molecule has 1 aromatic carbocycles. The molecule has 3 N–H and O–H groups in total. The van der Waals surface area contributed by atoms with Crippen LogP contribution in [0.1, 0.15) is 44.9 Å². The van der Waals surface area contributed by atoms with Crippen molar-refractivity contribution in [2.24, 2.45) is 0 Å². The molecule has 4 aromatic rings. The first kappa shape index (κ1) is 22.4. The molecule has 0 saturated heterocycles. The zero-order chi connectivity index (χ0) is 23.7. The number of fused-ring (bicyclic) bond motifs is 2. The lowest BCUT2D eigenvalue weighted by molar-refractivity contribution is 0.123. The van der Waals surface area contributed by atoms with Crippen LogP contribution in [0.2, 0.25) is 0 Å². The molecule has 1 aliphatic rings. The third-order valence-electron chi connectivity index (χ3n) is 5.77. The second kappa shape index (κ2) is 9.47. The normalized spacial score (nSPS) is 13.7. The molecule has 0 amide bonds. The van der Waals surface area contributed by atoms with Crippen LogP contribution in [0.15, 0.2) is 45.8 Å². The summed E-state index contributed by atoms with van der Waals surface area (Å²) in [5, 5.41) is 19.9. The van der Waals surface area contributed by atoms with Crippen molar-refractivity contribution < 1.29 is 9.94 Å². The number of nitrogens with one attached hydrogen (secondary N) is 2. The molecule has 3 aromatic heterocycles. The van der Waals surface area contributed by atoms with Gasteiger partial charge >= 0.3 is 0 Å². The van der Waals surface area contributed by atoms with Crippen molar-refractivity contribution in [3.63, 3.8) is 0 Å². The van der Waals surface area contributed by atoms with Gasteiger partial charge < -0.3 is 14.9 Å². The van der Waals surface area contributed by atoms with Gasteiger partial charge in [0.1, 0.15) is 17.3 Å². The van der Waals surface area contributed by atoms with E-state index in [1.54, 1.807) is 33.7 Å². The average Bonchev–Trinajstić information content (AvgIpc) is 3.56. The Morgan fingerprint density at radius 3 is 2.74 bits per heavy atom. The minimum atomic E-state index is -0.202. The third-order valence-corrected chi connectivity index (χ3v) is 6.14. The number of halogens is 1. The number of aromatic nitrogens is 6. The van der Waals surface area contributed by atoms with Crippen molar-refractivity contribution in [1.82, 2.24) is 34.7 Å². The van der Waals surface area contributed by atoms with Crippen molar-refractivity contribution in [2.75, 3.05) is 5.01 Å². The zero-order valence-corrected chi connectivity index (χ0v) is 20.2. The van der Waals surface area contributed by atoms with E-state index in [0.29, 0.717) is 46.9 Å². The molecule has 178 valence electrons. The summed E-state index contributed by atoms with van der Waals surface area (Å²) in [6.07, 6.45) is 6.94. The lowest BCUT2D eigenvalue weighted by atomic mass is 10.2. The van der Waals surface area contributed by atoms with Crippen molar-refractivity contribution in [2.45, 2.75) is 52.0 Å². The van der Waals surface area contributed by atoms with Crippen LogP contribution in [0.4, 0.5) is 5.69 Å². The first-order chi connectivity index (χ1) is 16.5. The van der Waals surface area contributed by atoms with Crippen LogP contribution < -0.4 is 16.2 Å². The van der Waals surface area contributed by atoms with Crippen LogP contribution in [-0.4, -0.2) is 34.2 Å². The van der Waals surface area contributed by atoms with E-state index < -0.39 is 0 Å². The van der Waals surface area contributed by atoms with Crippen LogP contribution in [0.5, 0.6) is 5.75 Å². The lowest BCUT2D eigenvalue weighted by Gasteiger charge is -2.13. The van der Waals surface area contributed by atoms with E-state index >= 15 is 0 Å². The number of hydrogen-bond donors (Lipinski definition) is 3. The third kappa shape index (κ3) is 4.26. The fourth-order valence-electron chi connectivity index (χ4n) is 4.05. The molecule has 12 heteroatoms. The van der Waals surface area contributed by atoms with Crippen molar-refractivity contribution in [1.29, 1.82) is 0 Å². The summed E-state index contributed by atoms with van der Waals surface area (Å²) in [7, 11) is 0. The number of unbranched alkanes of at least 4 members (excludes halogenated alkanes) is 2. The second-order valence-electron chi connectivity index (χ2n) is 8.17. The van der Waals surface area contributed by atoms with Crippen LogP contribution in [-0.2, 0) is 17.8 Å². The topological polar surface area (TPSA) is 126 Å². The summed E-state index contributed by atoms with van der Waals surface area (Å²) in [6.45, 7) is 2.86. The van der Waals surface area contributed by atoms with Gasteiger partial charge in [0.2, 0.25) is 5.78 Å². The number of benzene rings is 1. The maximum absolute atomic E-state index is 13.2. The minimum absolute atomic E-state index is 0.202. The van der Waals surface area contributed by atoms with Crippen molar-refractivity contribution >= 4 is 38.6 Å². The average molecular weight is 529 g/mol. The van der Waals surface area contributed by atoms with Gasteiger partial charge in [0.05, 0.1) is 11.9 Å². The number of hydrazine groups is 1. The van der Waals surface area contributed by atoms with E-state index in [1.165, 1.54) is 0 Å². The fraction of sp³-hybridized carbons (Fsp3) is 0.364. The Morgan fingerprint density at radius 1 is 1.12 bits per heavy atom. The monoisotopic (exact) mass is 528 g/mol. The Bertz CT molecular complexity index is 1410. The largest absolute Gasteiger partial charge is 0.508 e. The number of aromatic hydroxyl groups is 1. The zero-order valence-electron chi connectivity index (χ0n) is 18.7. The molecule has 5 rings (SSSR count). The van der Waals surface area contributed by atoms with E-state index in [2.05, 4.69) is 48.6 Å². The summed E-state index contributed by atoms with van der Waals surface area (Å²) in [6, 6.07) is 6.80. The summed E-state index contributed by atoms with van der Waals surface area (Å²) >= 11 is 3.35. The number of hydrogen-bond acceptors (Lipinski definition) is 8. The maximum Gasteiger partial charge on any atom is 0.286 e. The molecule has 0 atom stereocenters. The molecule has 11 nitrogen and oxygen atoms in total. The molecule has 0 spiro atoms. The summed E-state index contributed by atoms with van der Waals surface area (Å²) in [5.74, 6) is 2.09. The number of aryl methyl sites for hydroxylation is 2. The molecule has 4 heterocycles. The van der Waals surface area contributed by atoms with Gasteiger partial charge in [-0.1, -0.05) is 25.4 Å². The summed E-state index contributed by atoms with van der Waals surface area (Å²) < 4.78 is 4.07. The Kier molecular flexibility index (Phi) is 6.24. The van der Waals surface area contributed by atoms with E-state index in [1.807, 2.05) is 10.8 Å². The molecule has 0 unspecified atom stereocenters. The highest BCUT2D eigenvalue weighted by Gasteiger charge is 2.20. The van der Waals surface area contributed by atoms with Crippen molar-refractivity contribution in [3.05, 3.63) is 57.1 Å². The van der Waals surface area contributed by atoms with Crippen LogP contribution in [0, 0.1) is 0 Å². The number of anilines is 1. The predicted octanol–water partition coefficient (Wildman–Crippen LogP) is 3.55. The molecule has 0 saturated carbocycles. The maximum atomic E-state index is 13.2. The van der Waals surface area contributed by atoms with E-state index in [9.17, 15) is 9.90 Å². The number of nitrogens with zero attached hydrogens (tertiary/aromatic N) is 6. The minimum Gasteiger partial charge on any atom is -0.508 e. The SMILES string of the molecule is CCCCCn1c2nc(Br)[nH]c2c(=O)n2c(CCCC3=CN(c4ccc(O)cc4)NO3)nnc12. The number of phenols is 1. The van der Waals surface area contributed by atoms with Gasteiger partial charge in [-0.3, -0.25) is 9.36 Å². The molecule has 0 bridgehead atoms. The molecule has 0 radical (unpaired) electrons. The highest BCUT2D eigenvalue weighted by atomic mass is 79.9. The highest BCUT2D eigenvalue weighted by molar-refractivity contribution is 9.10. The number of H-pyrrole nitrogens is 1. The van der Waals surface area contributed by atoms with Crippen LogP contribution in [0.25, 0.3) is 16.9 Å². The molecule has 34 heavy (non-hydrogen) atoms. The smallest absolute Gasteiger partial charge is 0.286 e. The molecular formula is C22H25BrN8O3. The van der Waals surface area contributed by atoms with Crippen molar-refractivity contribution in [3.8, 4) is 5.75 Å². The predicted molar refractivity (Wildman–Crippen MR) is 130 cm³/mol. The Morgan fingerprint density at radius 2 is 1.94 bits per heavy atom. The van der Waals surface area contributed by atoms with E-state index in [0.717, 1.165) is 37.1 Å². The number of phenolic OH excluding ortho intramolecular Hbond substituents is 1. The van der Waals surface area contributed by atoms with Crippen LogP contribution >= 0.6 is 15.9 Å². The number of rotatable bonds is 9. The highest BCUT2D eigenvalue weighted by Crippen LogP contribution is 2.23. The lowest BCUT2D eigenvalue weighted by Crippen LogP contribution is -2.26.